The molecule has 14 heavy (non-hydrogen) atoms. The molecular weight excluding hydrogens is 198 g/mol. The van der Waals surface area contributed by atoms with Crippen LogP contribution >= 0.6 is 0 Å². The molecule has 0 bridgehead atoms. The number of hydrogen-bond donors (Lipinski definition) is 1. The Kier molecular flexibility index (Phi) is 7.41. The Balaban J connectivity index is 3.36. The number of rotatable bonds is 7. The number of nitrogens with one attached hydrogen (secondary N) is 1. The van der Waals surface area contributed by atoms with E-state index in [2.05, 4.69) is 26.1 Å². The third-order valence-electron chi connectivity index (χ3n) is 1.71. The van der Waals surface area contributed by atoms with E-state index in [1.165, 1.54) is 0 Å². The van der Waals surface area contributed by atoms with Gasteiger partial charge in [0.05, 0.1) is 0 Å². The Bertz CT molecular complexity index is 166. The van der Waals surface area contributed by atoms with Gasteiger partial charge in [-0.05, 0) is 27.2 Å². The van der Waals surface area contributed by atoms with Crippen molar-refractivity contribution in [1.82, 2.24) is 5.32 Å². The summed E-state index contributed by atoms with van der Waals surface area (Å²) < 4.78 is 16.3. The minimum atomic E-state index is -0.699. The van der Waals surface area contributed by atoms with Gasteiger partial charge in [0, 0.05) is 48.1 Å². The molecule has 86 valence electrons. The van der Waals surface area contributed by atoms with Crippen molar-refractivity contribution >= 4 is 10.8 Å². The summed E-state index contributed by atoms with van der Waals surface area (Å²) in [5.74, 6) is 1.49. The highest BCUT2D eigenvalue weighted by atomic mass is 32.2. The zero-order chi connectivity index (χ0) is 11.0. The van der Waals surface area contributed by atoms with E-state index in [9.17, 15) is 4.21 Å². The van der Waals surface area contributed by atoms with Crippen molar-refractivity contribution in [2.45, 2.75) is 32.7 Å². The molecule has 0 amide bonds. The average Bonchev–Trinajstić information content (AvgIpc) is 2.02. The van der Waals surface area contributed by atoms with Crippen molar-refractivity contribution in [2.24, 2.45) is 0 Å². The first-order chi connectivity index (χ1) is 6.45. The second-order valence-corrected chi connectivity index (χ2v) is 6.07. The lowest BCUT2D eigenvalue weighted by molar-refractivity contribution is 0.200. The molecule has 0 fully saturated rings. The molecule has 0 aliphatic carbocycles. The van der Waals surface area contributed by atoms with Crippen molar-refractivity contribution in [3.8, 4) is 0 Å². The van der Waals surface area contributed by atoms with Gasteiger partial charge < -0.3 is 10.1 Å². The lowest BCUT2D eigenvalue weighted by atomic mass is 10.1. The number of methoxy groups -OCH3 is 1. The minimum Gasteiger partial charge on any atom is -0.385 e. The fourth-order valence-electron chi connectivity index (χ4n) is 1.01. The smallest absolute Gasteiger partial charge is 0.0471 e. The molecule has 0 heterocycles. The summed E-state index contributed by atoms with van der Waals surface area (Å²) in [5.41, 5.74) is 0.122. The molecule has 0 aliphatic rings. The molecule has 1 N–H and O–H groups in total. The molecule has 0 spiro atoms. The highest BCUT2D eigenvalue weighted by Gasteiger charge is 2.08. The summed E-state index contributed by atoms with van der Waals surface area (Å²) in [6.45, 7) is 7.87. The van der Waals surface area contributed by atoms with Crippen LogP contribution in [-0.4, -0.2) is 41.5 Å². The van der Waals surface area contributed by atoms with E-state index >= 15 is 0 Å². The largest absolute Gasteiger partial charge is 0.385 e. The van der Waals surface area contributed by atoms with Crippen molar-refractivity contribution in [2.75, 3.05) is 31.8 Å². The topological polar surface area (TPSA) is 38.3 Å². The van der Waals surface area contributed by atoms with Gasteiger partial charge in [-0.3, -0.25) is 4.21 Å². The minimum absolute atomic E-state index is 0.122. The molecule has 1 atom stereocenters. The van der Waals surface area contributed by atoms with E-state index in [1.807, 2.05) is 0 Å². The van der Waals surface area contributed by atoms with Crippen LogP contribution in [0.3, 0.4) is 0 Å². The summed E-state index contributed by atoms with van der Waals surface area (Å²) in [6.07, 6.45) is 0.888. The number of hydrogen-bond acceptors (Lipinski definition) is 3. The summed E-state index contributed by atoms with van der Waals surface area (Å²) >= 11 is 0. The van der Waals surface area contributed by atoms with Gasteiger partial charge in [-0.2, -0.15) is 0 Å². The molecular formula is C10H23NO2S. The van der Waals surface area contributed by atoms with Crippen molar-refractivity contribution in [3.63, 3.8) is 0 Å². The van der Waals surface area contributed by atoms with Crippen LogP contribution in [0.15, 0.2) is 0 Å². The van der Waals surface area contributed by atoms with Crippen LogP contribution < -0.4 is 5.32 Å². The van der Waals surface area contributed by atoms with E-state index < -0.39 is 10.8 Å². The van der Waals surface area contributed by atoms with Crippen LogP contribution in [0, 0.1) is 0 Å². The molecule has 4 heteroatoms. The van der Waals surface area contributed by atoms with E-state index in [0.29, 0.717) is 6.61 Å². The fraction of sp³-hybridized carbons (Fsp3) is 1.00. The second kappa shape index (κ2) is 7.37. The Morgan fingerprint density at radius 3 is 2.43 bits per heavy atom. The van der Waals surface area contributed by atoms with Gasteiger partial charge in [0.25, 0.3) is 0 Å². The monoisotopic (exact) mass is 221 g/mol. The van der Waals surface area contributed by atoms with Crippen LogP contribution in [0.1, 0.15) is 27.2 Å². The Morgan fingerprint density at radius 2 is 1.93 bits per heavy atom. The molecule has 0 aliphatic heterocycles. The predicted molar refractivity (Wildman–Crippen MR) is 62.1 cm³/mol. The molecule has 0 aromatic rings. The van der Waals surface area contributed by atoms with Gasteiger partial charge in [0.2, 0.25) is 0 Å². The van der Waals surface area contributed by atoms with Crippen molar-refractivity contribution < 1.29 is 8.95 Å². The quantitative estimate of drug-likeness (QED) is 0.656. The molecule has 0 saturated heterocycles. The van der Waals surface area contributed by atoms with Gasteiger partial charge >= 0.3 is 0 Å². The van der Waals surface area contributed by atoms with E-state index in [-0.39, 0.29) is 5.54 Å². The lowest BCUT2D eigenvalue weighted by Crippen LogP contribution is -2.38. The summed E-state index contributed by atoms with van der Waals surface area (Å²) in [7, 11) is 0.972. The molecule has 0 saturated carbocycles. The van der Waals surface area contributed by atoms with Crippen LogP contribution in [0.2, 0.25) is 0 Å². The molecule has 0 radical (unpaired) electrons. The third kappa shape index (κ3) is 10.2. The molecule has 0 rings (SSSR count). The SMILES string of the molecule is COCCCS(=O)CCNC(C)(C)C. The van der Waals surface area contributed by atoms with E-state index in [4.69, 9.17) is 4.74 Å². The van der Waals surface area contributed by atoms with Crippen LogP contribution in [-0.2, 0) is 15.5 Å². The Hall–Kier alpha value is 0.0700. The average molecular weight is 221 g/mol. The zero-order valence-corrected chi connectivity index (χ0v) is 10.6. The molecule has 3 nitrogen and oxygen atoms in total. The highest BCUT2D eigenvalue weighted by molar-refractivity contribution is 7.84. The number of ether oxygens (including phenoxy) is 1. The van der Waals surface area contributed by atoms with Crippen LogP contribution in [0.4, 0.5) is 0 Å². The van der Waals surface area contributed by atoms with Gasteiger partial charge in [-0.1, -0.05) is 0 Å². The maximum absolute atomic E-state index is 11.4. The highest BCUT2D eigenvalue weighted by Crippen LogP contribution is 1.97. The summed E-state index contributed by atoms with van der Waals surface area (Å²) in [4.78, 5) is 0. The second-order valence-electron chi connectivity index (χ2n) is 4.37. The lowest BCUT2D eigenvalue weighted by Gasteiger charge is -2.20. The maximum atomic E-state index is 11.4. The summed E-state index contributed by atoms with van der Waals surface area (Å²) in [5, 5.41) is 3.32. The van der Waals surface area contributed by atoms with Gasteiger partial charge in [0.15, 0.2) is 0 Å². The van der Waals surface area contributed by atoms with Crippen molar-refractivity contribution in [3.05, 3.63) is 0 Å². The third-order valence-corrected chi connectivity index (χ3v) is 3.11. The van der Waals surface area contributed by atoms with Crippen molar-refractivity contribution in [1.29, 1.82) is 0 Å². The maximum Gasteiger partial charge on any atom is 0.0471 e. The first-order valence-electron chi connectivity index (χ1n) is 5.04. The van der Waals surface area contributed by atoms with E-state index in [1.54, 1.807) is 7.11 Å². The van der Waals surface area contributed by atoms with Gasteiger partial charge in [-0.25, -0.2) is 0 Å². The normalized spacial score (nSPS) is 14.3. The molecule has 0 aromatic heterocycles. The van der Waals surface area contributed by atoms with Crippen LogP contribution in [0.5, 0.6) is 0 Å². The van der Waals surface area contributed by atoms with E-state index in [0.717, 1.165) is 24.5 Å². The Labute approximate surface area is 90.1 Å². The molecule has 1 unspecified atom stereocenters. The standard InChI is InChI=1S/C10H23NO2S/c1-10(2,3)11-6-9-14(12)8-5-7-13-4/h11H,5-9H2,1-4H3. The summed E-state index contributed by atoms with van der Waals surface area (Å²) in [6, 6.07) is 0. The van der Waals surface area contributed by atoms with Gasteiger partial charge in [0.1, 0.15) is 0 Å². The molecule has 0 aromatic carbocycles. The fourth-order valence-corrected chi connectivity index (χ4v) is 1.98. The first-order valence-corrected chi connectivity index (χ1v) is 6.53. The predicted octanol–water partition coefficient (Wildman–Crippen LogP) is 1.16. The first kappa shape index (κ1) is 14.1. The van der Waals surface area contributed by atoms with Crippen LogP contribution in [0.25, 0.3) is 0 Å². The zero-order valence-electron chi connectivity index (χ0n) is 9.76. The van der Waals surface area contributed by atoms with Gasteiger partial charge in [-0.15, -0.1) is 0 Å². The Morgan fingerprint density at radius 1 is 1.29 bits per heavy atom.